The summed E-state index contributed by atoms with van der Waals surface area (Å²) in [5.74, 6) is -2.76. The molecule has 1 saturated heterocycles. The fourth-order valence-corrected chi connectivity index (χ4v) is 2.47. The maximum atomic E-state index is 13.4. The quantitative estimate of drug-likeness (QED) is 0.798. The van der Waals surface area contributed by atoms with Gasteiger partial charge in [0.15, 0.2) is 0 Å². The van der Waals surface area contributed by atoms with Crippen LogP contribution in [0.5, 0.6) is 0 Å². The third-order valence-electron chi connectivity index (χ3n) is 3.85. The molecule has 1 fully saturated rings. The van der Waals surface area contributed by atoms with Crippen molar-refractivity contribution in [2.45, 2.75) is 38.2 Å². The van der Waals surface area contributed by atoms with Gasteiger partial charge in [-0.2, -0.15) is 0 Å². The average molecular weight is 303 g/mol. The second-order valence-electron chi connectivity index (χ2n) is 6.73. The fourth-order valence-electron chi connectivity index (χ4n) is 2.47. The minimum absolute atomic E-state index is 0.0300. The van der Waals surface area contributed by atoms with E-state index in [9.17, 15) is 8.78 Å². The second-order valence-corrected chi connectivity index (χ2v) is 6.73. The summed E-state index contributed by atoms with van der Waals surface area (Å²) in [7, 11) is 0. The third kappa shape index (κ3) is 2.75. The molecule has 0 bridgehead atoms. The van der Waals surface area contributed by atoms with Gasteiger partial charge in [-0.05, 0) is 17.7 Å². The summed E-state index contributed by atoms with van der Waals surface area (Å²) >= 11 is 0. The minimum atomic E-state index is -2.76. The van der Waals surface area contributed by atoms with Crippen LogP contribution in [0.15, 0.2) is 42.5 Å². The first kappa shape index (κ1) is 15.1. The van der Waals surface area contributed by atoms with Crippen molar-refractivity contribution in [3.05, 3.63) is 53.7 Å². The number of alkyl halides is 2. The molecule has 2 heterocycles. The molecule has 2 nitrogen and oxygen atoms in total. The van der Waals surface area contributed by atoms with Crippen LogP contribution in [-0.2, 0) is 10.2 Å². The Morgan fingerprint density at radius 1 is 1.09 bits per heavy atom. The lowest BCUT2D eigenvalue weighted by atomic mass is 9.91. The summed E-state index contributed by atoms with van der Waals surface area (Å²) in [5, 5.41) is 0. The number of ether oxygens (including phenoxy) is 1. The molecule has 0 aliphatic carbocycles. The molecule has 1 aromatic heterocycles. The predicted octanol–water partition coefficient (Wildman–Crippen LogP) is 4.75. The highest BCUT2D eigenvalue weighted by molar-refractivity contribution is 5.60. The SMILES string of the molecule is CC(C)(C)c1cccc(-c2ccc(C3OCC3(F)F)cc2)n1. The Morgan fingerprint density at radius 3 is 2.27 bits per heavy atom. The summed E-state index contributed by atoms with van der Waals surface area (Å²) in [6.45, 7) is 5.84. The molecule has 4 heteroatoms. The van der Waals surface area contributed by atoms with Crippen LogP contribution in [0.3, 0.4) is 0 Å². The van der Waals surface area contributed by atoms with Crippen LogP contribution in [0, 0.1) is 0 Å². The summed E-state index contributed by atoms with van der Waals surface area (Å²) in [6, 6.07) is 12.9. The van der Waals surface area contributed by atoms with Gasteiger partial charge in [0.2, 0.25) is 0 Å². The van der Waals surface area contributed by atoms with Gasteiger partial charge in [0.25, 0.3) is 0 Å². The van der Waals surface area contributed by atoms with Gasteiger partial charge in [-0.25, -0.2) is 8.78 Å². The van der Waals surface area contributed by atoms with E-state index in [0.29, 0.717) is 5.56 Å². The van der Waals surface area contributed by atoms with Gasteiger partial charge in [0, 0.05) is 16.7 Å². The normalized spacial score (nSPS) is 20.5. The minimum Gasteiger partial charge on any atom is -0.361 e. The van der Waals surface area contributed by atoms with E-state index in [1.165, 1.54) is 0 Å². The first-order valence-electron chi connectivity index (χ1n) is 7.35. The molecule has 3 rings (SSSR count). The number of hydrogen-bond acceptors (Lipinski definition) is 2. The monoisotopic (exact) mass is 303 g/mol. The predicted molar refractivity (Wildman–Crippen MR) is 82.0 cm³/mol. The van der Waals surface area contributed by atoms with E-state index in [1.54, 1.807) is 12.1 Å². The smallest absolute Gasteiger partial charge is 0.300 e. The molecular weight excluding hydrogens is 284 g/mol. The lowest BCUT2D eigenvalue weighted by Crippen LogP contribution is -2.44. The third-order valence-corrected chi connectivity index (χ3v) is 3.85. The highest BCUT2D eigenvalue weighted by Gasteiger charge is 2.50. The number of benzene rings is 1. The summed E-state index contributed by atoms with van der Waals surface area (Å²) in [6.07, 6.45) is -1.12. The van der Waals surface area contributed by atoms with Crippen LogP contribution >= 0.6 is 0 Å². The number of hydrogen-bond donors (Lipinski definition) is 0. The lowest BCUT2D eigenvalue weighted by molar-refractivity contribution is -0.268. The van der Waals surface area contributed by atoms with Crippen molar-refractivity contribution in [3.8, 4) is 11.3 Å². The van der Waals surface area contributed by atoms with E-state index >= 15 is 0 Å². The van der Waals surface area contributed by atoms with E-state index < -0.39 is 18.6 Å². The van der Waals surface area contributed by atoms with Crippen molar-refractivity contribution < 1.29 is 13.5 Å². The van der Waals surface area contributed by atoms with Crippen LogP contribution in [0.25, 0.3) is 11.3 Å². The van der Waals surface area contributed by atoms with E-state index in [1.807, 2.05) is 30.3 Å². The number of nitrogens with zero attached hydrogens (tertiary/aromatic N) is 1. The molecule has 0 amide bonds. The van der Waals surface area contributed by atoms with Crippen molar-refractivity contribution in [2.75, 3.05) is 6.61 Å². The molecule has 1 unspecified atom stereocenters. The molecule has 1 aliphatic heterocycles. The Kier molecular flexibility index (Phi) is 3.52. The molecule has 1 atom stereocenters. The summed E-state index contributed by atoms with van der Waals surface area (Å²) < 4.78 is 31.7. The van der Waals surface area contributed by atoms with Crippen molar-refractivity contribution >= 4 is 0 Å². The maximum Gasteiger partial charge on any atom is 0.300 e. The molecule has 1 aromatic carbocycles. The van der Waals surface area contributed by atoms with Crippen molar-refractivity contribution in [3.63, 3.8) is 0 Å². The van der Waals surface area contributed by atoms with E-state index in [-0.39, 0.29) is 5.41 Å². The van der Waals surface area contributed by atoms with Gasteiger partial charge in [-0.3, -0.25) is 4.98 Å². The van der Waals surface area contributed by atoms with Crippen LogP contribution in [0.2, 0.25) is 0 Å². The van der Waals surface area contributed by atoms with Crippen molar-refractivity contribution in [2.24, 2.45) is 0 Å². The van der Waals surface area contributed by atoms with Crippen LogP contribution in [-0.4, -0.2) is 17.5 Å². The fraction of sp³-hybridized carbons (Fsp3) is 0.389. The van der Waals surface area contributed by atoms with E-state index in [4.69, 9.17) is 4.74 Å². The number of aromatic nitrogens is 1. The van der Waals surface area contributed by atoms with Crippen molar-refractivity contribution in [1.29, 1.82) is 0 Å². The second kappa shape index (κ2) is 5.13. The number of pyridine rings is 1. The molecule has 1 aliphatic rings. The van der Waals surface area contributed by atoms with E-state index in [2.05, 4.69) is 25.8 Å². The lowest BCUT2D eigenvalue weighted by Gasteiger charge is -2.36. The molecule has 0 spiro atoms. The van der Waals surface area contributed by atoms with Gasteiger partial charge >= 0.3 is 5.92 Å². The first-order chi connectivity index (χ1) is 10.3. The van der Waals surface area contributed by atoms with Crippen molar-refractivity contribution in [1.82, 2.24) is 4.98 Å². The average Bonchev–Trinajstić information content (AvgIpc) is 2.46. The standard InChI is InChI=1S/C18H19F2NO/c1-17(2,3)15-6-4-5-14(21-15)12-7-9-13(10-8-12)16-18(19,20)11-22-16/h4-10,16H,11H2,1-3H3. The first-order valence-corrected chi connectivity index (χ1v) is 7.35. The summed E-state index contributed by atoms with van der Waals surface area (Å²) in [4.78, 5) is 4.67. The molecule has 0 N–H and O–H groups in total. The molecule has 0 radical (unpaired) electrons. The molecule has 22 heavy (non-hydrogen) atoms. The molecule has 0 saturated carbocycles. The zero-order valence-electron chi connectivity index (χ0n) is 12.9. The Morgan fingerprint density at radius 2 is 1.77 bits per heavy atom. The topological polar surface area (TPSA) is 22.1 Å². The molecule has 2 aromatic rings. The highest BCUT2D eigenvalue weighted by Crippen LogP contribution is 2.43. The van der Waals surface area contributed by atoms with Crippen LogP contribution in [0.1, 0.15) is 38.1 Å². The summed E-state index contributed by atoms with van der Waals surface area (Å²) in [5.41, 5.74) is 3.24. The molecule has 116 valence electrons. The Bertz CT molecular complexity index is 674. The zero-order chi connectivity index (χ0) is 16.0. The van der Waals surface area contributed by atoms with Gasteiger partial charge < -0.3 is 4.74 Å². The van der Waals surface area contributed by atoms with Gasteiger partial charge in [-0.15, -0.1) is 0 Å². The maximum absolute atomic E-state index is 13.4. The van der Waals surface area contributed by atoms with Gasteiger partial charge in [0.05, 0.1) is 5.69 Å². The van der Waals surface area contributed by atoms with Gasteiger partial charge in [-0.1, -0.05) is 51.1 Å². The number of halogens is 2. The zero-order valence-corrected chi connectivity index (χ0v) is 12.9. The largest absolute Gasteiger partial charge is 0.361 e. The van der Waals surface area contributed by atoms with Crippen LogP contribution < -0.4 is 0 Å². The van der Waals surface area contributed by atoms with Gasteiger partial charge in [0.1, 0.15) is 12.7 Å². The highest BCUT2D eigenvalue weighted by atomic mass is 19.3. The Labute approximate surface area is 129 Å². The Hall–Kier alpha value is -1.81. The van der Waals surface area contributed by atoms with E-state index in [0.717, 1.165) is 17.0 Å². The molecular formula is C18H19F2NO. The number of rotatable bonds is 2. The Balaban J connectivity index is 1.87. The van der Waals surface area contributed by atoms with Crippen LogP contribution in [0.4, 0.5) is 8.78 Å².